The first-order valence-corrected chi connectivity index (χ1v) is 3.18. The van der Waals surface area contributed by atoms with E-state index in [1.165, 1.54) is 0 Å². The van der Waals surface area contributed by atoms with Crippen LogP contribution in [0.4, 0.5) is 4.39 Å². The van der Waals surface area contributed by atoms with Crippen LogP contribution in [0.5, 0.6) is 0 Å². The molecule has 0 radical (unpaired) electrons. The molecule has 1 saturated heterocycles. The summed E-state index contributed by atoms with van der Waals surface area (Å²) in [6.45, 7) is 0.530. The van der Waals surface area contributed by atoms with Crippen molar-refractivity contribution in [3.8, 4) is 0 Å². The fourth-order valence-corrected chi connectivity index (χ4v) is 0.875. The van der Waals surface area contributed by atoms with Gasteiger partial charge in [0.25, 0.3) is 0 Å². The number of carbonyl (C=O) groups is 1. The van der Waals surface area contributed by atoms with E-state index < -0.39 is 23.8 Å². The number of aliphatic hydroxyl groups is 2. The molecule has 1 aliphatic rings. The fraction of sp³-hybridized carbons (Fsp3) is 0.833. The van der Waals surface area contributed by atoms with Crippen LogP contribution in [0, 0.1) is 0 Å². The van der Waals surface area contributed by atoms with Crippen LogP contribution in [0.25, 0.3) is 0 Å². The Kier molecular flexibility index (Phi) is 1.85. The van der Waals surface area contributed by atoms with Crippen molar-refractivity contribution in [2.24, 2.45) is 0 Å². The van der Waals surface area contributed by atoms with Gasteiger partial charge in [0.2, 0.25) is 5.67 Å². The summed E-state index contributed by atoms with van der Waals surface area (Å²) in [5, 5.41) is 17.8. The average Bonchev–Trinajstić information content (AvgIpc) is 1.95. The highest BCUT2D eigenvalue weighted by atomic mass is 19.1. The Balaban J connectivity index is 2.80. The predicted octanol–water partition coefficient (Wildman–Crippen LogP) is -1.01. The van der Waals surface area contributed by atoms with Gasteiger partial charge in [0.15, 0.2) is 0 Å². The van der Waals surface area contributed by atoms with Gasteiger partial charge in [-0.3, -0.25) is 0 Å². The van der Waals surface area contributed by atoms with Crippen molar-refractivity contribution in [2.75, 3.05) is 6.61 Å². The molecule has 4 nitrogen and oxygen atoms in total. The highest BCUT2D eigenvalue weighted by Crippen LogP contribution is 2.24. The van der Waals surface area contributed by atoms with Gasteiger partial charge in [-0.1, -0.05) is 0 Å². The number of aliphatic hydroxyl groups excluding tert-OH is 2. The Morgan fingerprint density at radius 3 is 2.73 bits per heavy atom. The lowest BCUT2D eigenvalue weighted by Gasteiger charge is -2.32. The van der Waals surface area contributed by atoms with E-state index in [0.29, 0.717) is 0 Å². The summed E-state index contributed by atoms with van der Waals surface area (Å²) in [5.74, 6) is -1.13. The van der Waals surface area contributed by atoms with Crippen LogP contribution >= 0.6 is 0 Å². The summed E-state index contributed by atoms with van der Waals surface area (Å²) in [7, 11) is 0. The van der Waals surface area contributed by atoms with Crippen molar-refractivity contribution in [3.05, 3.63) is 0 Å². The summed E-state index contributed by atoms with van der Waals surface area (Å²) in [6, 6.07) is 0. The zero-order valence-corrected chi connectivity index (χ0v) is 5.95. The molecular formula is C6H9FO4. The molecular weight excluding hydrogens is 155 g/mol. The van der Waals surface area contributed by atoms with Crippen molar-refractivity contribution in [3.63, 3.8) is 0 Å². The third kappa shape index (κ3) is 1.21. The lowest BCUT2D eigenvalue weighted by atomic mass is 9.95. The van der Waals surface area contributed by atoms with Gasteiger partial charge in [-0.15, -0.1) is 0 Å². The Morgan fingerprint density at radius 1 is 1.73 bits per heavy atom. The summed E-state index contributed by atoms with van der Waals surface area (Å²) >= 11 is 0. The van der Waals surface area contributed by atoms with Gasteiger partial charge in [0, 0.05) is 0 Å². The van der Waals surface area contributed by atoms with Gasteiger partial charge < -0.3 is 14.9 Å². The number of cyclic esters (lactones) is 1. The summed E-state index contributed by atoms with van der Waals surface area (Å²) in [6.07, 6.45) is -3.02. The first-order valence-electron chi connectivity index (χ1n) is 3.18. The van der Waals surface area contributed by atoms with Gasteiger partial charge in [0.1, 0.15) is 18.8 Å². The zero-order valence-electron chi connectivity index (χ0n) is 5.95. The molecule has 0 spiro atoms. The Bertz CT molecular complexity index is 179. The van der Waals surface area contributed by atoms with Crippen LogP contribution in [0.2, 0.25) is 0 Å². The molecule has 64 valence electrons. The number of ether oxygens (including phenoxy) is 1. The average molecular weight is 164 g/mol. The number of esters is 1. The minimum absolute atomic E-state index is 0.348. The maximum atomic E-state index is 13.0. The highest BCUT2D eigenvalue weighted by Gasteiger charge is 2.50. The van der Waals surface area contributed by atoms with Crippen molar-refractivity contribution in [1.29, 1.82) is 0 Å². The number of carbonyl (C=O) groups excluding carboxylic acids is 1. The van der Waals surface area contributed by atoms with Gasteiger partial charge >= 0.3 is 5.97 Å². The van der Waals surface area contributed by atoms with Crippen LogP contribution in [-0.4, -0.2) is 40.7 Å². The van der Waals surface area contributed by atoms with Gasteiger partial charge in [-0.25, -0.2) is 9.18 Å². The second-order valence-corrected chi connectivity index (χ2v) is 2.69. The number of hydrogen-bond acceptors (Lipinski definition) is 4. The molecule has 0 aromatic carbocycles. The standard InChI is InChI=1S/C6H9FO4/c1-6(7)4(9)3(8)2-11-5(6)10/h3-4,8-9H,2H2,1H3/t3-,4?,6-/m1/s1. The molecule has 11 heavy (non-hydrogen) atoms. The molecule has 0 amide bonds. The smallest absolute Gasteiger partial charge is 0.346 e. The van der Waals surface area contributed by atoms with Crippen molar-refractivity contribution in [2.45, 2.75) is 24.8 Å². The molecule has 1 heterocycles. The summed E-state index contributed by atoms with van der Waals surface area (Å²) in [5.41, 5.74) is -2.49. The molecule has 0 aliphatic carbocycles. The first kappa shape index (κ1) is 8.42. The third-order valence-electron chi connectivity index (χ3n) is 1.70. The maximum absolute atomic E-state index is 13.0. The van der Waals surface area contributed by atoms with Crippen LogP contribution in [0.15, 0.2) is 0 Å². The monoisotopic (exact) mass is 164 g/mol. The van der Waals surface area contributed by atoms with Crippen LogP contribution < -0.4 is 0 Å². The highest BCUT2D eigenvalue weighted by molar-refractivity contribution is 5.80. The van der Waals surface area contributed by atoms with Crippen molar-refractivity contribution in [1.82, 2.24) is 0 Å². The molecule has 5 heteroatoms. The number of alkyl halides is 1. The molecule has 2 N–H and O–H groups in total. The molecule has 1 rings (SSSR count). The predicted molar refractivity (Wildman–Crippen MR) is 32.5 cm³/mol. The van der Waals surface area contributed by atoms with Crippen LogP contribution in [-0.2, 0) is 9.53 Å². The molecule has 0 aromatic heterocycles. The van der Waals surface area contributed by atoms with E-state index in [2.05, 4.69) is 4.74 Å². The molecule has 1 aliphatic heterocycles. The molecule has 0 bridgehead atoms. The topological polar surface area (TPSA) is 66.8 Å². The van der Waals surface area contributed by atoms with Crippen molar-refractivity contribution >= 4 is 5.97 Å². The van der Waals surface area contributed by atoms with E-state index in [1.807, 2.05) is 0 Å². The van der Waals surface area contributed by atoms with Gasteiger partial charge in [0.05, 0.1) is 0 Å². The van der Waals surface area contributed by atoms with E-state index in [9.17, 15) is 9.18 Å². The van der Waals surface area contributed by atoms with E-state index in [1.54, 1.807) is 0 Å². The zero-order chi connectivity index (χ0) is 8.65. The quantitative estimate of drug-likeness (QED) is 0.450. The Labute approximate surface area is 62.6 Å². The largest absolute Gasteiger partial charge is 0.460 e. The molecule has 0 saturated carbocycles. The summed E-state index contributed by atoms with van der Waals surface area (Å²) in [4.78, 5) is 10.6. The van der Waals surface area contributed by atoms with Crippen LogP contribution in [0.1, 0.15) is 6.92 Å². The fourth-order valence-electron chi connectivity index (χ4n) is 0.875. The van der Waals surface area contributed by atoms with Gasteiger partial charge in [-0.2, -0.15) is 0 Å². The number of halogens is 1. The first-order chi connectivity index (χ1) is 4.96. The molecule has 0 aromatic rings. The molecule has 1 fully saturated rings. The molecule has 3 atom stereocenters. The lowest BCUT2D eigenvalue weighted by molar-refractivity contribution is -0.193. The van der Waals surface area contributed by atoms with Gasteiger partial charge in [-0.05, 0) is 6.92 Å². The Hall–Kier alpha value is -0.680. The Morgan fingerprint density at radius 2 is 2.27 bits per heavy atom. The lowest BCUT2D eigenvalue weighted by Crippen LogP contribution is -2.56. The number of hydrogen-bond donors (Lipinski definition) is 2. The second kappa shape index (κ2) is 2.42. The molecule has 1 unspecified atom stereocenters. The SMILES string of the molecule is C[C@]1(F)C(=O)OC[C@@H](O)C1O. The summed E-state index contributed by atoms with van der Waals surface area (Å²) < 4.78 is 17.3. The normalized spacial score (nSPS) is 45.3. The van der Waals surface area contributed by atoms with E-state index in [0.717, 1.165) is 6.92 Å². The van der Waals surface area contributed by atoms with Crippen LogP contribution in [0.3, 0.4) is 0 Å². The second-order valence-electron chi connectivity index (χ2n) is 2.69. The third-order valence-corrected chi connectivity index (χ3v) is 1.70. The maximum Gasteiger partial charge on any atom is 0.346 e. The number of rotatable bonds is 0. The minimum Gasteiger partial charge on any atom is -0.460 e. The van der Waals surface area contributed by atoms with E-state index in [4.69, 9.17) is 10.2 Å². The van der Waals surface area contributed by atoms with E-state index in [-0.39, 0.29) is 6.61 Å². The minimum atomic E-state index is -2.49. The van der Waals surface area contributed by atoms with Crippen molar-refractivity contribution < 1.29 is 24.1 Å². The van der Waals surface area contributed by atoms with E-state index >= 15 is 0 Å².